The van der Waals surface area contributed by atoms with Crippen LogP contribution in [0.15, 0.2) is 54.7 Å². The Morgan fingerprint density at radius 2 is 1.65 bits per heavy atom. The SMILES string of the molecule is CCCCCCN(CCNC(=O)c1ccc(CNC[C@@H](CNC(=O)c2ncc(N)nc2N)Cc2ccccc2C)cc1)C[C@H](O)[C@@H](O)[C@H](O)CO. The second-order valence-electron chi connectivity index (χ2n) is 13.0. The maximum absolute atomic E-state index is 12.9. The molecule has 4 atom stereocenters. The Morgan fingerprint density at radius 1 is 0.902 bits per heavy atom. The maximum Gasteiger partial charge on any atom is 0.273 e. The molecule has 0 radical (unpaired) electrons. The van der Waals surface area contributed by atoms with Gasteiger partial charge in [-0.05, 0) is 61.1 Å². The highest BCUT2D eigenvalue weighted by Gasteiger charge is 2.26. The molecule has 0 aliphatic rings. The first kappa shape index (κ1) is 41.2. The molecule has 14 nitrogen and oxygen atoms in total. The second kappa shape index (κ2) is 21.9. The van der Waals surface area contributed by atoms with Gasteiger partial charge in [0.25, 0.3) is 11.8 Å². The van der Waals surface area contributed by atoms with Crippen molar-refractivity contribution >= 4 is 23.5 Å². The number of nitrogens with zero attached hydrogens (tertiary/aromatic N) is 3. The number of hydrogen-bond donors (Lipinski definition) is 9. The summed E-state index contributed by atoms with van der Waals surface area (Å²) in [5.41, 5.74) is 15.4. The predicted molar refractivity (Wildman–Crippen MR) is 198 cm³/mol. The number of aliphatic hydroxyl groups is 4. The summed E-state index contributed by atoms with van der Waals surface area (Å²) in [4.78, 5) is 35.6. The van der Waals surface area contributed by atoms with Crippen molar-refractivity contribution in [3.63, 3.8) is 0 Å². The average molecular weight is 709 g/mol. The largest absolute Gasteiger partial charge is 0.394 e. The Morgan fingerprint density at radius 3 is 2.33 bits per heavy atom. The Balaban J connectivity index is 1.52. The van der Waals surface area contributed by atoms with Gasteiger partial charge in [-0.2, -0.15) is 0 Å². The lowest BCUT2D eigenvalue weighted by Gasteiger charge is -2.29. The van der Waals surface area contributed by atoms with Crippen LogP contribution in [0.2, 0.25) is 0 Å². The van der Waals surface area contributed by atoms with Crippen molar-refractivity contribution in [3.8, 4) is 0 Å². The molecule has 0 fully saturated rings. The third-order valence-electron chi connectivity index (χ3n) is 8.79. The first-order chi connectivity index (χ1) is 24.5. The molecule has 14 heteroatoms. The Kier molecular flexibility index (Phi) is 17.7. The highest BCUT2D eigenvalue weighted by Crippen LogP contribution is 2.15. The Bertz CT molecular complexity index is 1490. The summed E-state index contributed by atoms with van der Waals surface area (Å²) < 4.78 is 0. The number of anilines is 2. The number of amides is 2. The molecule has 2 aromatic carbocycles. The van der Waals surface area contributed by atoms with Gasteiger partial charge in [-0.25, -0.2) is 9.97 Å². The smallest absolute Gasteiger partial charge is 0.273 e. The molecule has 3 rings (SSSR count). The maximum atomic E-state index is 12.9. The average Bonchev–Trinajstić information content (AvgIpc) is 3.12. The first-order valence-corrected chi connectivity index (χ1v) is 17.7. The highest BCUT2D eigenvalue weighted by molar-refractivity contribution is 5.96. The van der Waals surface area contributed by atoms with E-state index in [1.165, 1.54) is 17.3 Å². The standard InChI is InChI=1S/C37H56N8O6/c1-3-4-5-8-16-45(23-30(47)34(49)31(48)24-46)17-15-41-36(50)28-13-11-26(12-14-28)19-40-20-27(18-29-10-7-6-9-25(29)2)21-43-37(51)33-35(39)44-32(38)22-42-33/h6-7,9-14,22,27,30-31,34,40,46-49H,3-5,8,15-21,23-24H2,1-2H3,(H,41,50)(H,43,51)(H4,38,39,44)/t27-,30-,31+,34+/m0/s1. The lowest BCUT2D eigenvalue weighted by Crippen LogP contribution is -2.47. The minimum atomic E-state index is -1.47. The lowest BCUT2D eigenvalue weighted by molar-refractivity contribution is -0.0840. The van der Waals surface area contributed by atoms with Crippen LogP contribution >= 0.6 is 0 Å². The van der Waals surface area contributed by atoms with Gasteiger partial charge in [0.1, 0.15) is 18.0 Å². The van der Waals surface area contributed by atoms with E-state index in [0.29, 0.717) is 44.8 Å². The number of aryl methyl sites for hydroxylation is 1. The number of carbonyl (C=O) groups is 2. The molecular formula is C37H56N8O6. The number of carbonyl (C=O) groups excluding carboxylic acids is 2. The van der Waals surface area contributed by atoms with Crippen LogP contribution in [0.5, 0.6) is 0 Å². The van der Waals surface area contributed by atoms with E-state index in [0.717, 1.165) is 37.7 Å². The number of nitrogen functional groups attached to an aromatic ring is 2. The molecule has 51 heavy (non-hydrogen) atoms. The molecule has 2 amide bonds. The van der Waals surface area contributed by atoms with E-state index in [4.69, 9.17) is 16.6 Å². The van der Waals surface area contributed by atoms with Crippen LogP contribution in [0.25, 0.3) is 0 Å². The van der Waals surface area contributed by atoms with E-state index in [2.05, 4.69) is 51.9 Å². The van der Waals surface area contributed by atoms with E-state index in [9.17, 15) is 24.9 Å². The summed E-state index contributed by atoms with van der Waals surface area (Å²) >= 11 is 0. The Hall–Kier alpha value is -4.18. The molecule has 1 aromatic heterocycles. The zero-order valence-electron chi connectivity index (χ0n) is 29.8. The lowest BCUT2D eigenvalue weighted by atomic mass is 9.95. The summed E-state index contributed by atoms with van der Waals surface area (Å²) in [5, 5.41) is 48.7. The summed E-state index contributed by atoms with van der Waals surface area (Å²) in [6, 6.07) is 15.5. The molecule has 0 spiro atoms. The van der Waals surface area contributed by atoms with Crippen molar-refractivity contribution in [1.82, 2.24) is 30.8 Å². The Labute approximate surface area is 300 Å². The highest BCUT2D eigenvalue weighted by atomic mass is 16.4. The molecular weight excluding hydrogens is 652 g/mol. The van der Waals surface area contributed by atoms with E-state index < -0.39 is 30.8 Å². The molecule has 1 heterocycles. The van der Waals surface area contributed by atoms with Crippen molar-refractivity contribution in [2.24, 2.45) is 5.92 Å². The fraction of sp³-hybridized carbons (Fsp3) is 0.514. The van der Waals surface area contributed by atoms with Crippen LogP contribution in [0.4, 0.5) is 11.6 Å². The van der Waals surface area contributed by atoms with Gasteiger partial charge in [-0.3, -0.25) is 14.5 Å². The topological polar surface area (TPSA) is 232 Å². The number of rotatable bonds is 23. The van der Waals surface area contributed by atoms with Gasteiger partial charge >= 0.3 is 0 Å². The van der Waals surface area contributed by atoms with E-state index in [1.807, 2.05) is 29.2 Å². The summed E-state index contributed by atoms with van der Waals surface area (Å²) in [6.45, 7) is 6.64. The van der Waals surface area contributed by atoms with E-state index in [1.54, 1.807) is 12.1 Å². The number of nitrogens with two attached hydrogens (primary N) is 2. The number of unbranched alkanes of at least 4 members (excludes halogenated alkanes) is 3. The fourth-order valence-electron chi connectivity index (χ4n) is 5.70. The van der Waals surface area contributed by atoms with Crippen LogP contribution in [-0.2, 0) is 13.0 Å². The molecule has 0 saturated carbocycles. The monoisotopic (exact) mass is 708 g/mol. The number of aromatic nitrogens is 2. The molecule has 280 valence electrons. The van der Waals surface area contributed by atoms with Crippen molar-refractivity contribution in [3.05, 3.63) is 82.7 Å². The third-order valence-corrected chi connectivity index (χ3v) is 8.79. The second-order valence-corrected chi connectivity index (χ2v) is 13.0. The van der Waals surface area contributed by atoms with E-state index >= 15 is 0 Å². The fourth-order valence-corrected chi connectivity index (χ4v) is 5.70. The van der Waals surface area contributed by atoms with Crippen LogP contribution in [0, 0.1) is 12.8 Å². The van der Waals surface area contributed by atoms with Crippen LogP contribution in [-0.4, -0.2) is 111 Å². The van der Waals surface area contributed by atoms with Crippen molar-refractivity contribution in [2.75, 3.05) is 57.3 Å². The van der Waals surface area contributed by atoms with Crippen LogP contribution in [0.3, 0.4) is 0 Å². The summed E-state index contributed by atoms with van der Waals surface area (Å²) in [6.07, 6.45) is 2.01. The first-order valence-electron chi connectivity index (χ1n) is 17.7. The quantitative estimate of drug-likeness (QED) is 0.0629. The minimum Gasteiger partial charge on any atom is -0.394 e. The molecule has 0 bridgehead atoms. The van der Waals surface area contributed by atoms with Gasteiger partial charge in [0.15, 0.2) is 11.5 Å². The normalized spacial score (nSPS) is 13.8. The predicted octanol–water partition coefficient (Wildman–Crippen LogP) is 1.02. The van der Waals surface area contributed by atoms with E-state index in [-0.39, 0.29) is 35.7 Å². The number of hydrogen-bond acceptors (Lipinski definition) is 12. The molecule has 0 aliphatic carbocycles. The zero-order chi connectivity index (χ0) is 37.2. The molecule has 0 saturated heterocycles. The third kappa shape index (κ3) is 14.2. The van der Waals surface area contributed by atoms with Gasteiger partial charge in [-0.1, -0.05) is 62.6 Å². The van der Waals surface area contributed by atoms with Crippen molar-refractivity contribution in [1.29, 1.82) is 0 Å². The van der Waals surface area contributed by atoms with Gasteiger partial charge in [0, 0.05) is 44.8 Å². The van der Waals surface area contributed by atoms with Gasteiger partial charge in [0.05, 0.1) is 18.9 Å². The van der Waals surface area contributed by atoms with Crippen molar-refractivity contribution in [2.45, 2.75) is 70.8 Å². The van der Waals surface area contributed by atoms with Crippen molar-refractivity contribution < 1.29 is 30.0 Å². The summed E-state index contributed by atoms with van der Waals surface area (Å²) in [5.74, 6) is -0.471. The molecule has 0 aliphatic heterocycles. The minimum absolute atomic E-state index is 0.0228. The molecule has 0 unspecified atom stereocenters. The number of aliphatic hydroxyl groups excluding tert-OH is 4. The molecule has 11 N–H and O–H groups in total. The van der Waals surface area contributed by atoms with Gasteiger partial charge in [-0.15, -0.1) is 0 Å². The van der Waals surface area contributed by atoms with Gasteiger partial charge < -0.3 is 47.8 Å². The summed E-state index contributed by atoms with van der Waals surface area (Å²) in [7, 11) is 0. The molecule has 3 aromatic rings. The number of nitrogens with one attached hydrogen (secondary N) is 3. The zero-order valence-corrected chi connectivity index (χ0v) is 29.8. The number of benzene rings is 2. The van der Waals surface area contributed by atoms with Crippen LogP contribution < -0.4 is 27.4 Å². The van der Waals surface area contributed by atoms with Crippen LogP contribution in [0.1, 0.15) is 70.1 Å². The van der Waals surface area contributed by atoms with Gasteiger partial charge in [0.2, 0.25) is 0 Å².